The Bertz CT molecular complexity index is 387. The Balaban J connectivity index is 0.000001000. The van der Waals surface area contributed by atoms with Crippen LogP contribution in [0.5, 0.6) is 0 Å². The molecule has 1 N–H and O–H groups in total. The van der Waals surface area contributed by atoms with Gasteiger partial charge in [-0.3, -0.25) is 0 Å². The number of nitrogens with zero attached hydrogens (tertiary/aromatic N) is 3. The van der Waals surface area contributed by atoms with E-state index in [-0.39, 0.29) is 24.8 Å². The van der Waals surface area contributed by atoms with E-state index in [1.54, 1.807) is 11.3 Å². The minimum absolute atomic E-state index is 0. The molecule has 4 nitrogen and oxygen atoms in total. The standard InChI is InChI=1S/C13H22N4S.2ClH/c1-10-15-16-13(18-10)17-8-4-12(5-9-17)11-2-6-14-7-3-11;;/h11-12,14H,2-9H2,1H3;2*1H. The van der Waals surface area contributed by atoms with Crippen LogP contribution in [0.25, 0.3) is 0 Å². The zero-order chi connectivity index (χ0) is 12.4. The van der Waals surface area contributed by atoms with Crippen LogP contribution in [-0.2, 0) is 0 Å². The van der Waals surface area contributed by atoms with Crippen molar-refractivity contribution in [2.24, 2.45) is 11.8 Å². The van der Waals surface area contributed by atoms with E-state index in [1.165, 1.54) is 51.9 Å². The molecular weight excluding hydrogens is 315 g/mol. The number of aromatic nitrogens is 2. The van der Waals surface area contributed by atoms with Crippen molar-refractivity contribution in [2.45, 2.75) is 32.6 Å². The normalized spacial score (nSPS) is 21.1. The average Bonchev–Trinajstić information content (AvgIpc) is 2.87. The summed E-state index contributed by atoms with van der Waals surface area (Å²) in [5.41, 5.74) is 0. The van der Waals surface area contributed by atoms with Crippen LogP contribution in [0.4, 0.5) is 5.13 Å². The molecule has 7 heteroatoms. The number of nitrogens with one attached hydrogen (secondary N) is 1. The highest BCUT2D eigenvalue weighted by atomic mass is 35.5. The van der Waals surface area contributed by atoms with Crippen molar-refractivity contribution in [3.8, 4) is 0 Å². The van der Waals surface area contributed by atoms with E-state index in [9.17, 15) is 0 Å². The minimum atomic E-state index is 0. The van der Waals surface area contributed by atoms with Crippen LogP contribution in [0.2, 0.25) is 0 Å². The van der Waals surface area contributed by atoms with Gasteiger partial charge in [0.15, 0.2) is 0 Å². The molecule has 0 radical (unpaired) electrons. The molecule has 0 amide bonds. The predicted molar refractivity (Wildman–Crippen MR) is 89.7 cm³/mol. The van der Waals surface area contributed by atoms with Crippen LogP contribution in [0, 0.1) is 18.8 Å². The number of anilines is 1. The molecule has 0 bridgehead atoms. The predicted octanol–water partition coefficient (Wildman–Crippen LogP) is 2.91. The second-order valence-electron chi connectivity index (χ2n) is 5.52. The molecule has 3 rings (SSSR count). The summed E-state index contributed by atoms with van der Waals surface area (Å²) in [6.45, 7) is 6.82. The van der Waals surface area contributed by atoms with Gasteiger partial charge in [0.1, 0.15) is 5.01 Å². The highest BCUT2D eigenvalue weighted by Gasteiger charge is 2.28. The van der Waals surface area contributed by atoms with E-state index in [0.29, 0.717) is 0 Å². The zero-order valence-corrected chi connectivity index (χ0v) is 14.3. The first-order chi connectivity index (χ1) is 8.83. The number of halogens is 2. The molecule has 116 valence electrons. The van der Waals surface area contributed by atoms with Crippen molar-refractivity contribution in [3.63, 3.8) is 0 Å². The van der Waals surface area contributed by atoms with Gasteiger partial charge in [0.05, 0.1) is 0 Å². The van der Waals surface area contributed by atoms with Gasteiger partial charge in [-0.15, -0.1) is 35.0 Å². The Labute approximate surface area is 137 Å². The Kier molecular flexibility index (Phi) is 7.51. The molecule has 0 aromatic carbocycles. The molecule has 20 heavy (non-hydrogen) atoms. The summed E-state index contributed by atoms with van der Waals surface area (Å²) in [5.74, 6) is 1.90. The van der Waals surface area contributed by atoms with Crippen LogP contribution in [0.3, 0.4) is 0 Å². The van der Waals surface area contributed by atoms with Crippen LogP contribution >= 0.6 is 36.2 Å². The maximum absolute atomic E-state index is 4.26. The molecule has 2 aliphatic rings. The lowest BCUT2D eigenvalue weighted by Crippen LogP contribution is -2.39. The largest absolute Gasteiger partial charge is 0.347 e. The Morgan fingerprint density at radius 3 is 2.15 bits per heavy atom. The van der Waals surface area contributed by atoms with Gasteiger partial charge in [-0.05, 0) is 57.5 Å². The summed E-state index contributed by atoms with van der Waals surface area (Å²) in [4.78, 5) is 2.42. The maximum atomic E-state index is 4.26. The van der Waals surface area contributed by atoms with Gasteiger partial charge in [0, 0.05) is 13.1 Å². The van der Waals surface area contributed by atoms with Crippen molar-refractivity contribution in [1.82, 2.24) is 15.5 Å². The lowest BCUT2D eigenvalue weighted by atomic mass is 9.79. The second-order valence-corrected chi connectivity index (χ2v) is 6.68. The van der Waals surface area contributed by atoms with E-state index >= 15 is 0 Å². The molecule has 0 spiro atoms. The number of rotatable bonds is 2. The molecule has 1 aromatic heterocycles. The summed E-state index contributed by atoms with van der Waals surface area (Å²) in [6.07, 6.45) is 5.43. The van der Waals surface area contributed by atoms with Crippen molar-refractivity contribution in [3.05, 3.63) is 5.01 Å². The smallest absolute Gasteiger partial charge is 0.208 e. The molecular formula is C13H24Cl2N4S. The lowest BCUT2D eigenvalue weighted by Gasteiger charge is -2.37. The van der Waals surface area contributed by atoms with E-state index in [2.05, 4.69) is 20.4 Å². The van der Waals surface area contributed by atoms with Crippen molar-refractivity contribution >= 4 is 41.3 Å². The molecule has 2 fully saturated rings. The number of hydrogen-bond acceptors (Lipinski definition) is 5. The molecule has 2 saturated heterocycles. The van der Waals surface area contributed by atoms with Crippen molar-refractivity contribution < 1.29 is 0 Å². The van der Waals surface area contributed by atoms with Crippen molar-refractivity contribution in [1.29, 1.82) is 0 Å². The first-order valence-corrected chi connectivity index (χ1v) is 7.90. The van der Waals surface area contributed by atoms with Gasteiger partial charge >= 0.3 is 0 Å². The summed E-state index contributed by atoms with van der Waals surface area (Å²) >= 11 is 1.72. The average molecular weight is 339 g/mol. The van der Waals surface area contributed by atoms with E-state index in [1.807, 2.05) is 6.92 Å². The number of piperidine rings is 2. The van der Waals surface area contributed by atoms with Gasteiger partial charge in [0.25, 0.3) is 0 Å². The molecule has 0 unspecified atom stereocenters. The van der Waals surface area contributed by atoms with Gasteiger partial charge in [-0.2, -0.15) is 0 Å². The summed E-state index contributed by atoms with van der Waals surface area (Å²) in [6, 6.07) is 0. The monoisotopic (exact) mass is 338 g/mol. The molecule has 0 atom stereocenters. The van der Waals surface area contributed by atoms with Crippen LogP contribution in [-0.4, -0.2) is 36.4 Å². The van der Waals surface area contributed by atoms with Crippen LogP contribution in [0.15, 0.2) is 0 Å². The van der Waals surface area contributed by atoms with E-state index in [4.69, 9.17) is 0 Å². The van der Waals surface area contributed by atoms with Crippen LogP contribution < -0.4 is 10.2 Å². The third-order valence-corrected chi connectivity index (χ3v) is 5.28. The fourth-order valence-corrected chi connectivity index (χ4v) is 4.03. The highest BCUT2D eigenvalue weighted by Crippen LogP contribution is 2.33. The first kappa shape index (κ1) is 18.0. The Morgan fingerprint density at radius 2 is 1.60 bits per heavy atom. The highest BCUT2D eigenvalue weighted by molar-refractivity contribution is 7.15. The zero-order valence-electron chi connectivity index (χ0n) is 11.9. The van der Waals surface area contributed by atoms with Crippen LogP contribution in [0.1, 0.15) is 30.7 Å². The summed E-state index contributed by atoms with van der Waals surface area (Å²) in [7, 11) is 0. The third-order valence-electron chi connectivity index (χ3n) is 4.38. The molecule has 0 aliphatic carbocycles. The van der Waals surface area contributed by atoms with Crippen molar-refractivity contribution in [2.75, 3.05) is 31.1 Å². The first-order valence-electron chi connectivity index (χ1n) is 7.08. The van der Waals surface area contributed by atoms with Gasteiger partial charge < -0.3 is 10.2 Å². The number of aryl methyl sites for hydroxylation is 1. The molecule has 3 heterocycles. The fourth-order valence-electron chi connectivity index (χ4n) is 3.29. The fraction of sp³-hybridized carbons (Fsp3) is 0.846. The minimum Gasteiger partial charge on any atom is -0.347 e. The molecule has 2 aliphatic heterocycles. The lowest BCUT2D eigenvalue weighted by molar-refractivity contribution is 0.222. The summed E-state index contributed by atoms with van der Waals surface area (Å²) < 4.78 is 0. The van der Waals surface area contributed by atoms with Gasteiger partial charge in [0.2, 0.25) is 5.13 Å². The van der Waals surface area contributed by atoms with Gasteiger partial charge in [-0.1, -0.05) is 11.3 Å². The SMILES string of the molecule is Cc1nnc(N2CCC(C3CCNCC3)CC2)s1.Cl.Cl. The Hall–Kier alpha value is -0.100. The second kappa shape index (κ2) is 8.37. The third kappa shape index (κ3) is 4.20. The van der Waals surface area contributed by atoms with Gasteiger partial charge in [-0.25, -0.2) is 0 Å². The Morgan fingerprint density at radius 1 is 1.00 bits per heavy atom. The van der Waals surface area contributed by atoms with E-state index in [0.717, 1.165) is 22.0 Å². The quantitative estimate of drug-likeness (QED) is 0.900. The summed E-state index contributed by atoms with van der Waals surface area (Å²) in [5, 5.41) is 14.0. The van der Waals surface area contributed by atoms with E-state index < -0.39 is 0 Å². The maximum Gasteiger partial charge on any atom is 0.208 e. The molecule has 1 aromatic rings. The molecule has 0 saturated carbocycles. The number of hydrogen-bond donors (Lipinski definition) is 1. The topological polar surface area (TPSA) is 41.1 Å².